The van der Waals surface area contributed by atoms with Crippen LogP contribution in [0.1, 0.15) is 35.3 Å². The smallest absolute Gasteiger partial charge is 0.304 e. The lowest BCUT2D eigenvalue weighted by Crippen LogP contribution is -2.46. The number of amides is 2. The first kappa shape index (κ1) is 23.3. The highest BCUT2D eigenvalue weighted by molar-refractivity contribution is 6.30. The van der Waals surface area contributed by atoms with Gasteiger partial charge in [-0.2, -0.15) is 4.98 Å². The Bertz CT molecular complexity index is 1260. The van der Waals surface area contributed by atoms with E-state index in [-0.39, 0.29) is 49.5 Å². The SMILES string of the molecule is O=C1c2c(nc(Oc3cccc(F)c3)n2Cc2ccc(Cl)cc2)N2CCCC2C(=O)N1CCCO. The molecule has 1 aromatic heterocycles. The zero-order chi connectivity index (χ0) is 24.5. The van der Waals surface area contributed by atoms with E-state index in [2.05, 4.69) is 4.98 Å². The summed E-state index contributed by atoms with van der Waals surface area (Å²) in [5.74, 6) is -0.636. The van der Waals surface area contributed by atoms with Crippen LogP contribution in [0.4, 0.5) is 10.2 Å². The third kappa shape index (κ3) is 4.49. The van der Waals surface area contributed by atoms with Gasteiger partial charge in [-0.1, -0.05) is 29.8 Å². The standard InChI is InChI=1S/C25H24ClFN4O4/c26-17-9-7-16(8-10-17)15-31-21-22(28-25(31)35-19-5-1-4-18(27)14-19)29-11-2-6-20(29)23(33)30(24(21)34)12-3-13-32/h1,4-5,7-10,14,20,32H,2-3,6,11-13,15H2. The van der Waals surface area contributed by atoms with Gasteiger partial charge >= 0.3 is 6.01 Å². The van der Waals surface area contributed by atoms with Crippen LogP contribution in [-0.2, 0) is 11.3 Å². The van der Waals surface area contributed by atoms with Gasteiger partial charge in [0.05, 0.1) is 6.54 Å². The molecule has 1 saturated heterocycles. The van der Waals surface area contributed by atoms with E-state index < -0.39 is 17.8 Å². The monoisotopic (exact) mass is 498 g/mol. The van der Waals surface area contributed by atoms with E-state index in [4.69, 9.17) is 16.3 Å². The maximum Gasteiger partial charge on any atom is 0.304 e. The number of hydrogen-bond acceptors (Lipinski definition) is 6. The maximum absolute atomic E-state index is 13.8. The molecular formula is C25H24ClFN4O4. The summed E-state index contributed by atoms with van der Waals surface area (Å²) in [6, 6.07) is 12.4. The van der Waals surface area contributed by atoms with Gasteiger partial charge in [0.25, 0.3) is 11.8 Å². The van der Waals surface area contributed by atoms with Crippen molar-refractivity contribution in [3.8, 4) is 11.8 Å². The Hall–Kier alpha value is -3.43. The normalized spacial score (nSPS) is 17.4. The number of benzene rings is 2. The Morgan fingerprint density at radius 2 is 1.97 bits per heavy atom. The van der Waals surface area contributed by atoms with Crippen LogP contribution in [0.25, 0.3) is 0 Å². The van der Waals surface area contributed by atoms with Crippen molar-refractivity contribution in [3.05, 3.63) is 70.6 Å². The van der Waals surface area contributed by atoms with E-state index >= 15 is 0 Å². The number of aliphatic hydroxyl groups is 1. The van der Waals surface area contributed by atoms with Crippen LogP contribution < -0.4 is 9.64 Å². The summed E-state index contributed by atoms with van der Waals surface area (Å²) < 4.78 is 21.4. The number of ether oxygens (including phenoxy) is 1. The minimum atomic E-state index is -0.514. The van der Waals surface area contributed by atoms with E-state index in [0.717, 1.165) is 12.0 Å². The summed E-state index contributed by atoms with van der Waals surface area (Å²) in [5, 5.41) is 9.92. The Kier molecular flexibility index (Phi) is 6.44. The molecule has 10 heteroatoms. The largest absolute Gasteiger partial charge is 0.425 e. The average molecular weight is 499 g/mol. The van der Waals surface area contributed by atoms with E-state index in [0.29, 0.717) is 23.8 Å². The number of nitrogens with zero attached hydrogens (tertiary/aromatic N) is 4. The van der Waals surface area contributed by atoms with Crippen LogP contribution in [0, 0.1) is 5.82 Å². The second-order valence-corrected chi connectivity index (χ2v) is 9.00. The highest BCUT2D eigenvalue weighted by Crippen LogP contribution is 2.37. The van der Waals surface area contributed by atoms with Crippen molar-refractivity contribution < 1.29 is 23.8 Å². The lowest BCUT2D eigenvalue weighted by Gasteiger charge is -2.24. The number of aromatic nitrogens is 2. The molecule has 182 valence electrons. The summed E-state index contributed by atoms with van der Waals surface area (Å²) in [7, 11) is 0. The van der Waals surface area contributed by atoms with E-state index in [1.165, 1.54) is 23.1 Å². The Labute approximate surface area is 206 Å². The van der Waals surface area contributed by atoms with Crippen molar-refractivity contribution in [2.45, 2.75) is 31.8 Å². The topological polar surface area (TPSA) is 87.9 Å². The summed E-state index contributed by atoms with van der Waals surface area (Å²) in [6.07, 6.45) is 1.66. The van der Waals surface area contributed by atoms with E-state index in [9.17, 15) is 19.1 Å². The molecule has 0 bridgehead atoms. The highest BCUT2D eigenvalue weighted by atomic mass is 35.5. The first-order chi connectivity index (χ1) is 17.0. The average Bonchev–Trinajstić information content (AvgIpc) is 3.44. The Morgan fingerprint density at radius 1 is 1.17 bits per heavy atom. The molecule has 2 aromatic carbocycles. The zero-order valence-corrected chi connectivity index (χ0v) is 19.6. The van der Waals surface area contributed by atoms with Gasteiger partial charge in [0, 0.05) is 30.8 Å². The fourth-order valence-electron chi connectivity index (χ4n) is 4.59. The van der Waals surface area contributed by atoms with Crippen LogP contribution >= 0.6 is 11.6 Å². The number of aliphatic hydroxyl groups excluding tert-OH is 1. The van der Waals surface area contributed by atoms with Crippen molar-refractivity contribution in [3.63, 3.8) is 0 Å². The molecule has 5 rings (SSSR count). The van der Waals surface area contributed by atoms with Crippen molar-refractivity contribution >= 4 is 29.2 Å². The zero-order valence-electron chi connectivity index (χ0n) is 18.9. The van der Waals surface area contributed by atoms with Gasteiger partial charge in [-0.05, 0) is 49.1 Å². The van der Waals surface area contributed by atoms with Crippen LogP contribution in [0.15, 0.2) is 48.5 Å². The molecule has 1 atom stereocenters. The highest BCUT2D eigenvalue weighted by Gasteiger charge is 2.45. The Morgan fingerprint density at radius 3 is 2.71 bits per heavy atom. The summed E-state index contributed by atoms with van der Waals surface area (Å²) in [5.41, 5.74) is 1.06. The number of rotatable bonds is 7. The van der Waals surface area contributed by atoms with Crippen LogP contribution in [-0.4, -0.2) is 57.1 Å². The molecule has 1 N–H and O–H groups in total. The number of carbonyl (C=O) groups is 2. The molecule has 1 fully saturated rings. The van der Waals surface area contributed by atoms with Crippen molar-refractivity contribution in [2.24, 2.45) is 0 Å². The van der Waals surface area contributed by atoms with Gasteiger partial charge in [-0.3, -0.25) is 19.1 Å². The molecule has 0 saturated carbocycles. The van der Waals surface area contributed by atoms with Crippen molar-refractivity contribution in [1.29, 1.82) is 0 Å². The molecule has 3 aromatic rings. The molecule has 0 radical (unpaired) electrons. The predicted octanol–water partition coefficient (Wildman–Crippen LogP) is 3.85. The molecule has 0 aliphatic carbocycles. The first-order valence-corrected chi connectivity index (χ1v) is 11.9. The van der Waals surface area contributed by atoms with Gasteiger partial charge < -0.3 is 14.7 Å². The molecule has 2 aliphatic heterocycles. The molecule has 2 amide bonds. The quantitative estimate of drug-likeness (QED) is 0.498. The lowest BCUT2D eigenvalue weighted by molar-refractivity contribution is -0.129. The lowest BCUT2D eigenvalue weighted by atomic mass is 10.2. The number of imidazole rings is 1. The minimum Gasteiger partial charge on any atom is -0.425 e. The molecule has 1 unspecified atom stereocenters. The minimum absolute atomic E-state index is 0.101. The fraction of sp³-hybridized carbons (Fsp3) is 0.320. The molecular weight excluding hydrogens is 475 g/mol. The van der Waals surface area contributed by atoms with Gasteiger partial charge in [-0.15, -0.1) is 0 Å². The van der Waals surface area contributed by atoms with Gasteiger partial charge in [0.15, 0.2) is 11.5 Å². The van der Waals surface area contributed by atoms with Crippen LogP contribution in [0.5, 0.6) is 11.8 Å². The first-order valence-electron chi connectivity index (χ1n) is 11.5. The van der Waals surface area contributed by atoms with Gasteiger partial charge in [0.2, 0.25) is 0 Å². The third-order valence-corrected chi connectivity index (χ3v) is 6.49. The summed E-state index contributed by atoms with van der Waals surface area (Å²) >= 11 is 6.05. The second-order valence-electron chi connectivity index (χ2n) is 8.56. The van der Waals surface area contributed by atoms with E-state index in [1.54, 1.807) is 22.8 Å². The molecule has 0 spiro atoms. The second kappa shape index (κ2) is 9.67. The predicted molar refractivity (Wildman–Crippen MR) is 127 cm³/mol. The number of halogens is 2. The fourth-order valence-corrected chi connectivity index (χ4v) is 4.72. The maximum atomic E-state index is 13.8. The third-order valence-electron chi connectivity index (χ3n) is 6.24. The molecule has 35 heavy (non-hydrogen) atoms. The van der Waals surface area contributed by atoms with E-state index in [1.807, 2.05) is 17.0 Å². The molecule has 2 aliphatic rings. The number of anilines is 1. The summed E-state index contributed by atoms with van der Waals surface area (Å²) in [6.45, 7) is 0.749. The van der Waals surface area contributed by atoms with Crippen LogP contribution in [0.2, 0.25) is 5.02 Å². The molecule has 3 heterocycles. The number of hydrogen-bond donors (Lipinski definition) is 1. The molecule has 8 nitrogen and oxygen atoms in total. The van der Waals surface area contributed by atoms with Crippen molar-refractivity contribution in [2.75, 3.05) is 24.6 Å². The number of carbonyl (C=O) groups excluding carboxylic acids is 2. The number of imide groups is 1. The van der Waals surface area contributed by atoms with Gasteiger partial charge in [-0.25, -0.2) is 4.39 Å². The van der Waals surface area contributed by atoms with Crippen LogP contribution in [0.3, 0.4) is 0 Å². The number of fused-ring (bicyclic) bond motifs is 3. The van der Waals surface area contributed by atoms with Crippen molar-refractivity contribution in [1.82, 2.24) is 14.5 Å². The summed E-state index contributed by atoms with van der Waals surface area (Å²) in [4.78, 5) is 34.8. The Balaban J connectivity index is 1.65. The van der Waals surface area contributed by atoms with Gasteiger partial charge in [0.1, 0.15) is 17.6 Å².